The zero-order chi connectivity index (χ0) is 12.1. The zero-order valence-corrected chi connectivity index (χ0v) is 9.60. The Balaban J connectivity index is 2.38. The predicted molar refractivity (Wildman–Crippen MR) is 61.3 cm³/mol. The third-order valence-electron chi connectivity index (χ3n) is 1.81. The van der Waals surface area contributed by atoms with Crippen LogP contribution in [0.3, 0.4) is 0 Å². The summed E-state index contributed by atoms with van der Waals surface area (Å²) in [4.78, 5) is 23.2. The molecule has 0 spiro atoms. The van der Waals surface area contributed by atoms with Crippen LogP contribution in [0, 0.1) is 6.92 Å². The number of hydrogen-bond donors (Lipinski definition) is 3. The van der Waals surface area contributed by atoms with Crippen molar-refractivity contribution in [3.63, 3.8) is 0 Å². The molecule has 0 saturated carbocycles. The Morgan fingerprint density at radius 3 is 2.75 bits per heavy atom. The smallest absolute Gasteiger partial charge is 0.404 e. The van der Waals surface area contributed by atoms with Gasteiger partial charge in [-0.25, -0.2) is 4.79 Å². The first-order valence-electron chi connectivity index (χ1n) is 4.57. The Morgan fingerprint density at radius 2 is 2.25 bits per heavy atom. The molecule has 0 aromatic carbocycles. The largest absolute Gasteiger partial charge is 0.448 e. The Bertz CT molecular complexity index is 383. The number of primary amides is 1. The number of nitrogens with two attached hydrogens (primary N) is 2. The van der Waals surface area contributed by atoms with Gasteiger partial charge in [0.2, 0.25) is 0 Å². The molecule has 1 heterocycles. The molecule has 0 aliphatic carbocycles. The van der Waals surface area contributed by atoms with Gasteiger partial charge in [0.25, 0.3) is 5.91 Å². The molecule has 0 bridgehead atoms. The maximum atomic E-state index is 11.5. The minimum absolute atomic E-state index is 0.0565. The molecule has 0 unspecified atom stereocenters. The van der Waals surface area contributed by atoms with Crippen molar-refractivity contribution in [3.8, 4) is 0 Å². The Hall–Kier alpha value is -1.76. The molecule has 0 radical (unpaired) electrons. The minimum atomic E-state index is -0.856. The molecule has 1 aromatic heterocycles. The topological polar surface area (TPSA) is 107 Å². The third kappa shape index (κ3) is 3.43. The van der Waals surface area contributed by atoms with E-state index in [1.165, 1.54) is 11.3 Å². The number of nitrogens with one attached hydrogen (secondary N) is 1. The van der Waals surface area contributed by atoms with E-state index in [1.807, 2.05) is 6.92 Å². The lowest BCUT2D eigenvalue weighted by molar-refractivity contribution is 0.0941. The molecular weight excluding hydrogens is 230 g/mol. The Labute approximate surface area is 96.6 Å². The van der Waals surface area contributed by atoms with Gasteiger partial charge in [-0.2, -0.15) is 0 Å². The van der Waals surface area contributed by atoms with Crippen molar-refractivity contribution in [3.05, 3.63) is 15.8 Å². The van der Waals surface area contributed by atoms with Gasteiger partial charge in [0.05, 0.1) is 11.4 Å². The zero-order valence-electron chi connectivity index (χ0n) is 8.78. The molecule has 16 heavy (non-hydrogen) atoms. The van der Waals surface area contributed by atoms with E-state index in [4.69, 9.17) is 11.5 Å². The fourth-order valence-corrected chi connectivity index (χ4v) is 1.87. The second-order valence-corrected chi connectivity index (χ2v) is 4.30. The summed E-state index contributed by atoms with van der Waals surface area (Å²) in [5, 5.41) is 2.58. The van der Waals surface area contributed by atoms with Crippen LogP contribution in [0.15, 0.2) is 6.07 Å². The van der Waals surface area contributed by atoms with Crippen LogP contribution in [0.1, 0.15) is 14.5 Å². The number of carbonyl (C=O) groups is 2. The number of thiophene rings is 1. The molecule has 0 atom stereocenters. The van der Waals surface area contributed by atoms with Crippen molar-refractivity contribution in [2.24, 2.45) is 5.73 Å². The number of ether oxygens (including phenoxy) is 1. The normalized spacial score (nSPS) is 9.81. The highest BCUT2D eigenvalue weighted by molar-refractivity contribution is 7.14. The number of hydrogen-bond acceptors (Lipinski definition) is 5. The highest BCUT2D eigenvalue weighted by Gasteiger charge is 2.10. The molecule has 1 rings (SSSR count). The van der Waals surface area contributed by atoms with Gasteiger partial charge in [-0.05, 0) is 13.0 Å². The Kier molecular flexibility index (Phi) is 4.12. The molecule has 7 heteroatoms. The number of nitrogen functional groups attached to an aromatic ring is 1. The van der Waals surface area contributed by atoms with Gasteiger partial charge in [-0.1, -0.05) is 0 Å². The van der Waals surface area contributed by atoms with Gasteiger partial charge < -0.3 is 21.5 Å². The van der Waals surface area contributed by atoms with Crippen LogP contribution in [0.4, 0.5) is 10.5 Å². The minimum Gasteiger partial charge on any atom is -0.448 e. The summed E-state index contributed by atoms with van der Waals surface area (Å²) in [5.74, 6) is -0.238. The number of aryl methyl sites for hydroxylation is 1. The van der Waals surface area contributed by atoms with E-state index in [2.05, 4.69) is 10.1 Å². The number of anilines is 1. The van der Waals surface area contributed by atoms with Crippen molar-refractivity contribution in [2.75, 3.05) is 18.9 Å². The van der Waals surface area contributed by atoms with E-state index < -0.39 is 6.09 Å². The highest BCUT2D eigenvalue weighted by Crippen LogP contribution is 2.22. The van der Waals surface area contributed by atoms with Crippen LogP contribution < -0.4 is 16.8 Å². The molecule has 0 aliphatic heterocycles. The van der Waals surface area contributed by atoms with Crippen molar-refractivity contribution in [2.45, 2.75) is 6.92 Å². The number of rotatable bonds is 4. The molecule has 0 fully saturated rings. The van der Waals surface area contributed by atoms with E-state index in [0.717, 1.165) is 4.88 Å². The van der Waals surface area contributed by atoms with Crippen molar-refractivity contribution < 1.29 is 14.3 Å². The van der Waals surface area contributed by atoms with Crippen LogP contribution in [-0.2, 0) is 4.74 Å². The van der Waals surface area contributed by atoms with Crippen LogP contribution in [0.2, 0.25) is 0 Å². The van der Waals surface area contributed by atoms with Crippen LogP contribution in [0.25, 0.3) is 0 Å². The lowest BCUT2D eigenvalue weighted by atomic mass is 10.3. The summed E-state index contributed by atoms with van der Waals surface area (Å²) in [5.41, 5.74) is 11.0. The van der Waals surface area contributed by atoms with Gasteiger partial charge in [0.1, 0.15) is 6.61 Å². The third-order valence-corrected chi connectivity index (χ3v) is 2.88. The molecule has 0 aliphatic rings. The summed E-state index contributed by atoms with van der Waals surface area (Å²) in [6, 6.07) is 1.62. The fourth-order valence-electron chi connectivity index (χ4n) is 1.01. The molecule has 1 aromatic rings. The maximum Gasteiger partial charge on any atom is 0.404 e. The molecule has 0 saturated heterocycles. The van der Waals surface area contributed by atoms with E-state index in [9.17, 15) is 9.59 Å². The molecule has 5 N–H and O–H groups in total. The fraction of sp³-hybridized carbons (Fsp3) is 0.333. The van der Waals surface area contributed by atoms with Crippen molar-refractivity contribution >= 4 is 29.0 Å². The number of carbonyl (C=O) groups excluding carboxylic acids is 2. The van der Waals surface area contributed by atoms with Gasteiger partial charge in [-0.15, -0.1) is 11.3 Å². The molecule has 2 amide bonds. The van der Waals surface area contributed by atoms with Crippen LogP contribution in [-0.4, -0.2) is 25.2 Å². The van der Waals surface area contributed by atoms with Crippen molar-refractivity contribution in [1.82, 2.24) is 5.32 Å². The highest BCUT2D eigenvalue weighted by atomic mass is 32.1. The van der Waals surface area contributed by atoms with Gasteiger partial charge in [0.15, 0.2) is 0 Å². The second kappa shape index (κ2) is 5.36. The quantitative estimate of drug-likeness (QED) is 0.668. The standard InChI is InChI=1S/C9H13N3O3S/c1-5-6(10)4-7(16-5)8(13)12-2-3-15-9(11)14/h4H,2-3,10H2,1H3,(H2,11,14)(H,12,13). The summed E-state index contributed by atoms with van der Waals surface area (Å²) in [7, 11) is 0. The lowest BCUT2D eigenvalue weighted by Gasteiger charge is -2.03. The summed E-state index contributed by atoms with van der Waals surface area (Å²) < 4.78 is 4.46. The van der Waals surface area contributed by atoms with Crippen molar-refractivity contribution in [1.29, 1.82) is 0 Å². The molecule has 6 nitrogen and oxygen atoms in total. The van der Waals surface area contributed by atoms with Gasteiger partial charge in [0, 0.05) is 10.6 Å². The second-order valence-electron chi connectivity index (χ2n) is 3.05. The molecular formula is C9H13N3O3S. The summed E-state index contributed by atoms with van der Waals surface area (Å²) in [6.45, 7) is 2.12. The van der Waals surface area contributed by atoms with Gasteiger partial charge >= 0.3 is 6.09 Å². The average molecular weight is 243 g/mol. The number of amides is 2. The maximum absolute atomic E-state index is 11.5. The first-order valence-corrected chi connectivity index (χ1v) is 5.38. The van der Waals surface area contributed by atoms with E-state index in [1.54, 1.807) is 6.07 Å². The first-order chi connectivity index (χ1) is 7.50. The SMILES string of the molecule is Cc1sc(C(=O)NCCOC(N)=O)cc1N. The molecule has 88 valence electrons. The average Bonchev–Trinajstić information content (AvgIpc) is 2.54. The van der Waals surface area contributed by atoms with Crippen LogP contribution in [0.5, 0.6) is 0 Å². The summed E-state index contributed by atoms with van der Waals surface area (Å²) >= 11 is 1.32. The van der Waals surface area contributed by atoms with E-state index in [-0.39, 0.29) is 19.1 Å². The van der Waals surface area contributed by atoms with Crippen LogP contribution >= 0.6 is 11.3 Å². The van der Waals surface area contributed by atoms with E-state index >= 15 is 0 Å². The summed E-state index contributed by atoms with van der Waals surface area (Å²) in [6.07, 6.45) is -0.856. The lowest BCUT2D eigenvalue weighted by Crippen LogP contribution is -2.28. The van der Waals surface area contributed by atoms with E-state index in [0.29, 0.717) is 10.6 Å². The monoisotopic (exact) mass is 243 g/mol. The van der Waals surface area contributed by atoms with Gasteiger partial charge in [-0.3, -0.25) is 4.79 Å². The first kappa shape index (κ1) is 12.3. The Morgan fingerprint density at radius 1 is 1.56 bits per heavy atom. The predicted octanol–water partition coefficient (Wildman–Crippen LogP) is 0.464.